The Kier molecular flexibility index (Phi) is 7.24. The lowest BCUT2D eigenvalue weighted by atomic mass is 9.93. The number of carboxylic acids is 1. The van der Waals surface area contributed by atoms with Gasteiger partial charge in [0.2, 0.25) is 5.95 Å². The maximum atomic E-state index is 13.7. The number of carbonyl (C=O) groups is 3. The van der Waals surface area contributed by atoms with E-state index in [1.165, 1.54) is 4.90 Å². The fourth-order valence-corrected chi connectivity index (χ4v) is 5.14. The molecule has 0 bridgehead atoms. The number of nitrogens with zero attached hydrogens (tertiary/aromatic N) is 3. The van der Waals surface area contributed by atoms with Crippen molar-refractivity contribution in [3.63, 3.8) is 0 Å². The molecule has 11 nitrogen and oxygen atoms in total. The van der Waals surface area contributed by atoms with Crippen LogP contribution in [0.3, 0.4) is 0 Å². The molecule has 218 valence electrons. The van der Waals surface area contributed by atoms with Crippen LogP contribution in [0.25, 0.3) is 11.0 Å². The minimum atomic E-state index is -5.08. The number of aliphatic hydroxyl groups is 1. The van der Waals surface area contributed by atoms with E-state index < -0.39 is 24.0 Å². The van der Waals surface area contributed by atoms with Crippen molar-refractivity contribution in [2.45, 2.75) is 24.7 Å². The number of benzene rings is 3. The number of carboxylic acid groups (broad SMARTS) is 2. The first-order valence-corrected chi connectivity index (χ1v) is 12.7. The van der Waals surface area contributed by atoms with E-state index in [0.29, 0.717) is 33.4 Å². The first-order valence-electron chi connectivity index (χ1n) is 12.7. The molecule has 3 heterocycles. The summed E-state index contributed by atoms with van der Waals surface area (Å²) < 4.78 is 31.7. The van der Waals surface area contributed by atoms with Gasteiger partial charge < -0.3 is 25.2 Å². The summed E-state index contributed by atoms with van der Waals surface area (Å²) >= 11 is 0. The van der Waals surface area contributed by atoms with Crippen LogP contribution in [-0.2, 0) is 10.5 Å². The Bertz CT molecular complexity index is 1680. The van der Waals surface area contributed by atoms with Gasteiger partial charge in [0.1, 0.15) is 0 Å². The van der Waals surface area contributed by atoms with E-state index in [0.717, 1.165) is 31.6 Å². The molecular weight excluding hydrogens is 559 g/mol. The molecular formula is C28H24F3N5O6. The fourth-order valence-electron chi connectivity index (χ4n) is 5.14. The standard InChI is InChI=1S/C26H23N5O4.C2HF3O2/c32-23-19-8-1-2-9-20(19)26(35,16-10-11-21-22(14-16)28-24(27-21)29-25(33)34)31(23)18-7-5-6-17(15-18)30-12-3-4-13-30;3-2(4,5)1(6)7/h1-2,5-11,14-15,35H,3-4,12-13H2,(H,33,34)(H2,27,28,29);(H,6,7). The number of imidazole rings is 1. The van der Waals surface area contributed by atoms with Gasteiger partial charge in [0.15, 0.2) is 5.72 Å². The summed E-state index contributed by atoms with van der Waals surface area (Å²) in [5.41, 5.74) is 2.27. The Hall–Kier alpha value is -5.11. The molecule has 4 aromatic rings. The summed E-state index contributed by atoms with van der Waals surface area (Å²) in [6, 6.07) is 19.9. The van der Waals surface area contributed by atoms with Crippen molar-refractivity contribution >= 4 is 46.3 Å². The number of hydrogen-bond acceptors (Lipinski definition) is 6. The van der Waals surface area contributed by atoms with Crippen LogP contribution in [0.1, 0.15) is 34.3 Å². The number of H-pyrrole nitrogens is 1. The van der Waals surface area contributed by atoms with Gasteiger partial charge in [0.05, 0.1) is 11.0 Å². The van der Waals surface area contributed by atoms with Crippen LogP contribution in [0, 0.1) is 0 Å². The minimum Gasteiger partial charge on any atom is -0.475 e. The number of alkyl halides is 3. The zero-order chi connectivity index (χ0) is 30.2. The molecule has 1 saturated heterocycles. The van der Waals surface area contributed by atoms with Gasteiger partial charge in [-0.2, -0.15) is 13.2 Å². The summed E-state index contributed by atoms with van der Waals surface area (Å²) in [6.07, 6.45) is -4.06. The van der Waals surface area contributed by atoms with Crippen LogP contribution in [0.5, 0.6) is 0 Å². The lowest BCUT2D eigenvalue weighted by Gasteiger charge is -2.35. The monoisotopic (exact) mass is 583 g/mol. The Morgan fingerprint density at radius 1 is 0.952 bits per heavy atom. The lowest BCUT2D eigenvalue weighted by Crippen LogP contribution is -2.45. The van der Waals surface area contributed by atoms with Crippen molar-refractivity contribution in [1.82, 2.24) is 9.97 Å². The van der Waals surface area contributed by atoms with E-state index in [4.69, 9.17) is 15.0 Å². The third kappa shape index (κ3) is 5.19. The molecule has 2 amide bonds. The number of fused-ring (bicyclic) bond motifs is 2. The number of nitrogens with one attached hydrogen (secondary N) is 2. The smallest absolute Gasteiger partial charge is 0.475 e. The minimum absolute atomic E-state index is 0.0784. The molecule has 1 fully saturated rings. The molecule has 0 aliphatic carbocycles. The number of aromatic nitrogens is 2. The largest absolute Gasteiger partial charge is 0.490 e. The maximum Gasteiger partial charge on any atom is 0.490 e. The average Bonchev–Trinajstić information content (AvgIpc) is 3.66. The van der Waals surface area contributed by atoms with Gasteiger partial charge in [-0.15, -0.1) is 0 Å². The highest BCUT2D eigenvalue weighted by Crippen LogP contribution is 2.46. The van der Waals surface area contributed by atoms with Gasteiger partial charge in [0.25, 0.3) is 5.91 Å². The Morgan fingerprint density at radius 2 is 1.62 bits per heavy atom. The quantitative estimate of drug-likeness (QED) is 0.230. The predicted octanol–water partition coefficient (Wildman–Crippen LogP) is 4.74. The number of aromatic amines is 1. The van der Waals surface area contributed by atoms with E-state index in [1.54, 1.807) is 42.5 Å². The van der Waals surface area contributed by atoms with Gasteiger partial charge in [0, 0.05) is 41.2 Å². The van der Waals surface area contributed by atoms with E-state index >= 15 is 0 Å². The lowest BCUT2D eigenvalue weighted by molar-refractivity contribution is -0.192. The molecule has 1 aromatic heterocycles. The molecule has 2 aliphatic heterocycles. The van der Waals surface area contributed by atoms with Crippen molar-refractivity contribution in [3.8, 4) is 0 Å². The number of hydrogen-bond donors (Lipinski definition) is 5. The van der Waals surface area contributed by atoms with Crippen LogP contribution in [0.4, 0.5) is 35.3 Å². The Balaban J connectivity index is 0.000000451. The summed E-state index contributed by atoms with van der Waals surface area (Å²) in [5, 5.41) is 30.6. The molecule has 3 aromatic carbocycles. The van der Waals surface area contributed by atoms with Crippen LogP contribution < -0.4 is 15.1 Å². The van der Waals surface area contributed by atoms with Crippen LogP contribution in [-0.4, -0.2) is 62.5 Å². The molecule has 42 heavy (non-hydrogen) atoms. The van der Waals surface area contributed by atoms with E-state index in [9.17, 15) is 27.9 Å². The first-order chi connectivity index (χ1) is 19.9. The third-order valence-corrected chi connectivity index (χ3v) is 6.97. The Labute approximate surface area is 235 Å². The molecule has 6 rings (SSSR count). The normalized spacial score (nSPS) is 18.0. The SMILES string of the molecule is O=C(O)C(F)(F)F.O=C(O)Nc1nc2ccc(C3(O)c4ccccc4C(=O)N3c3cccc(N4CCCC4)c3)cc2[nH]1. The highest BCUT2D eigenvalue weighted by molar-refractivity contribution is 6.12. The second-order valence-corrected chi connectivity index (χ2v) is 9.62. The Morgan fingerprint density at radius 3 is 2.29 bits per heavy atom. The van der Waals surface area contributed by atoms with E-state index in [1.807, 2.05) is 24.3 Å². The van der Waals surface area contributed by atoms with Crippen molar-refractivity contribution in [2.24, 2.45) is 0 Å². The topological polar surface area (TPSA) is 159 Å². The second kappa shape index (κ2) is 10.7. The second-order valence-electron chi connectivity index (χ2n) is 9.62. The van der Waals surface area contributed by atoms with Gasteiger partial charge in [-0.1, -0.05) is 30.3 Å². The van der Waals surface area contributed by atoms with Crippen molar-refractivity contribution in [1.29, 1.82) is 0 Å². The summed E-state index contributed by atoms with van der Waals surface area (Å²) in [4.78, 5) is 44.4. The van der Waals surface area contributed by atoms with Gasteiger partial charge in [-0.05, 0) is 49.2 Å². The number of carbonyl (C=O) groups excluding carboxylic acids is 1. The maximum absolute atomic E-state index is 13.7. The summed E-state index contributed by atoms with van der Waals surface area (Å²) in [6.45, 7) is 1.93. The summed E-state index contributed by atoms with van der Waals surface area (Å²) in [5.74, 6) is -2.97. The molecule has 1 atom stereocenters. The van der Waals surface area contributed by atoms with Gasteiger partial charge in [-0.25, -0.2) is 14.6 Å². The third-order valence-electron chi connectivity index (χ3n) is 6.97. The molecule has 1 unspecified atom stereocenters. The molecule has 0 radical (unpaired) electrons. The molecule has 5 N–H and O–H groups in total. The van der Waals surface area contributed by atoms with Crippen LogP contribution >= 0.6 is 0 Å². The molecule has 0 saturated carbocycles. The van der Waals surface area contributed by atoms with Crippen molar-refractivity contribution in [3.05, 3.63) is 83.4 Å². The first kappa shape index (κ1) is 28.4. The van der Waals surface area contributed by atoms with E-state index in [-0.39, 0.29) is 11.9 Å². The predicted molar refractivity (Wildman–Crippen MR) is 146 cm³/mol. The number of aliphatic carboxylic acids is 1. The zero-order valence-corrected chi connectivity index (χ0v) is 21.7. The van der Waals surface area contributed by atoms with Crippen molar-refractivity contribution < 1.29 is 42.9 Å². The number of rotatable bonds is 4. The molecule has 14 heteroatoms. The number of halogens is 3. The zero-order valence-electron chi connectivity index (χ0n) is 21.7. The van der Waals surface area contributed by atoms with E-state index in [2.05, 4.69) is 20.2 Å². The molecule has 0 spiro atoms. The fraction of sp³-hybridized carbons (Fsp3) is 0.214. The number of amides is 2. The van der Waals surface area contributed by atoms with Crippen molar-refractivity contribution in [2.75, 3.05) is 28.2 Å². The van der Waals surface area contributed by atoms with Gasteiger partial charge >= 0.3 is 18.2 Å². The number of anilines is 3. The highest BCUT2D eigenvalue weighted by Gasteiger charge is 2.51. The summed E-state index contributed by atoms with van der Waals surface area (Å²) in [7, 11) is 0. The van der Waals surface area contributed by atoms with Crippen LogP contribution in [0.2, 0.25) is 0 Å². The van der Waals surface area contributed by atoms with Crippen LogP contribution in [0.15, 0.2) is 66.7 Å². The highest BCUT2D eigenvalue weighted by atomic mass is 19.4. The average molecular weight is 584 g/mol. The molecule has 2 aliphatic rings. The van der Waals surface area contributed by atoms with Gasteiger partial charge in [-0.3, -0.25) is 15.0 Å².